The lowest BCUT2D eigenvalue weighted by Crippen LogP contribution is -2.35. The van der Waals surface area contributed by atoms with E-state index in [0.717, 1.165) is 0 Å². The van der Waals surface area contributed by atoms with Crippen molar-refractivity contribution in [1.29, 1.82) is 0 Å². The molecule has 2 aromatic rings. The Labute approximate surface area is 122 Å². The number of aryl methyl sites for hydroxylation is 1. The SMILES string of the molecule is Cc1cccc([C@H]2C[C@H](N(C)C)Cc3ccccc32)c1. The minimum atomic E-state index is 0.534. The van der Waals surface area contributed by atoms with Crippen molar-refractivity contribution in [3.63, 3.8) is 0 Å². The Morgan fingerprint density at radius 1 is 1.00 bits per heavy atom. The third kappa shape index (κ3) is 2.51. The number of benzene rings is 2. The van der Waals surface area contributed by atoms with Gasteiger partial charge in [0, 0.05) is 12.0 Å². The first-order valence-electron chi connectivity index (χ1n) is 7.46. The van der Waals surface area contributed by atoms with Crippen molar-refractivity contribution in [3.05, 3.63) is 70.8 Å². The van der Waals surface area contributed by atoms with Crippen LogP contribution >= 0.6 is 0 Å². The molecule has 1 nitrogen and oxygen atoms in total. The fraction of sp³-hybridized carbons (Fsp3) is 0.368. The number of likely N-dealkylation sites (N-methyl/N-ethyl adjacent to an activating group) is 1. The largest absolute Gasteiger partial charge is 0.306 e. The van der Waals surface area contributed by atoms with Gasteiger partial charge in [-0.1, -0.05) is 54.1 Å². The molecule has 2 atom stereocenters. The molecular formula is C19H23N. The lowest BCUT2D eigenvalue weighted by Gasteiger charge is -2.35. The van der Waals surface area contributed by atoms with Crippen molar-refractivity contribution in [1.82, 2.24) is 4.90 Å². The van der Waals surface area contributed by atoms with Crippen LogP contribution in [0.4, 0.5) is 0 Å². The summed E-state index contributed by atoms with van der Waals surface area (Å²) in [5.41, 5.74) is 5.86. The summed E-state index contributed by atoms with van der Waals surface area (Å²) in [5, 5.41) is 0. The van der Waals surface area contributed by atoms with Gasteiger partial charge in [-0.25, -0.2) is 0 Å². The first-order chi connectivity index (χ1) is 9.65. The molecule has 0 fully saturated rings. The summed E-state index contributed by atoms with van der Waals surface area (Å²) in [7, 11) is 4.40. The zero-order chi connectivity index (χ0) is 14.1. The standard InChI is InChI=1S/C19H23N/c1-14-7-6-9-15(11-14)19-13-17(20(2)3)12-16-8-4-5-10-18(16)19/h4-11,17,19H,12-13H2,1-3H3/t17-,19-/m1/s1. The Hall–Kier alpha value is -1.60. The van der Waals surface area contributed by atoms with E-state index in [0.29, 0.717) is 12.0 Å². The van der Waals surface area contributed by atoms with Crippen molar-refractivity contribution in [2.24, 2.45) is 0 Å². The molecule has 0 heterocycles. The van der Waals surface area contributed by atoms with Crippen LogP contribution in [0.3, 0.4) is 0 Å². The predicted octanol–water partition coefficient (Wildman–Crippen LogP) is 4.00. The monoisotopic (exact) mass is 265 g/mol. The normalized spacial score (nSPS) is 21.8. The van der Waals surface area contributed by atoms with Gasteiger partial charge in [-0.15, -0.1) is 0 Å². The molecule has 2 aromatic carbocycles. The molecule has 0 saturated carbocycles. The molecule has 0 amide bonds. The molecule has 0 saturated heterocycles. The maximum absolute atomic E-state index is 2.37. The molecule has 1 aliphatic carbocycles. The van der Waals surface area contributed by atoms with E-state index in [2.05, 4.69) is 74.4 Å². The van der Waals surface area contributed by atoms with E-state index in [1.54, 1.807) is 0 Å². The van der Waals surface area contributed by atoms with Crippen LogP contribution in [0.2, 0.25) is 0 Å². The quantitative estimate of drug-likeness (QED) is 0.793. The second-order valence-electron chi connectivity index (χ2n) is 6.22. The third-order valence-corrected chi connectivity index (χ3v) is 4.57. The van der Waals surface area contributed by atoms with Crippen molar-refractivity contribution in [2.75, 3.05) is 14.1 Å². The Balaban J connectivity index is 2.05. The van der Waals surface area contributed by atoms with Crippen LogP contribution in [0.1, 0.15) is 34.6 Å². The molecular weight excluding hydrogens is 242 g/mol. The summed E-state index contributed by atoms with van der Waals surface area (Å²) in [6, 6.07) is 18.6. The molecule has 0 spiro atoms. The first kappa shape index (κ1) is 13.4. The molecule has 20 heavy (non-hydrogen) atoms. The summed E-state index contributed by atoms with van der Waals surface area (Å²) in [6.45, 7) is 2.18. The van der Waals surface area contributed by atoms with E-state index >= 15 is 0 Å². The molecule has 104 valence electrons. The summed E-state index contributed by atoms with van der Waals surface area (Å²) in [5.74, 6) is 0.534. The number of fused-ring (bicyclic) bond motifs is 1. The van der Waals surface area contributed by atoms with E-state index in [1.165, 1.54) is 35.1 Å². The first-order valence-corrected chi connectivity index (χ1v) is 7.46. The van der Waals surface area contributed by atoms with Gasteiger partial charge in [0.15, 0.2) is 0 Å². The number of hydrogen-bond donors (Lipinski definition) is 0. The van der Waals surface area contributed by atoms with Gasteiger partial charge in [-0.3, -0.25) is 0 Å². The Bertz CT molecular complexity index is 600. The average Bonchev–Trinajstić information content (AvgIpc) is 2.46. The molecule has 3 rings (SSSR count). The summed E-state index contributed by atoms with van der Waals surface area (Å²) in [6.07, 6.45) is 2.39. The van der Waals surface area contributed by atoms with Crippen molar-refractivity contribution < 1.29 is 0 Å². The third-order valence-electron chi connectivity index (χ3n) is 4.57. The Kier molecular flexibility index (Phi) is 3.62. The van der Waals surface area contributed by atoms with E-state index in [-0.39, 0.29) is 0 Å². The zero-order valence-electron chi connectivity index (χ0n) is 12.6. The highest BCUT2D eigenvalue weighted by Gasteiger charge is 2.28. The van der Waals surface area contributed by atoms with E-state index in [1.807, 2.05) is 0 Å². The maximum Gasteiger partial charge on any atom is 0.0139 e. The highest BCUT2D eigenvalue weighted by molar-refractivity contribution is 5.41. The van der Waals surface area contributed by atoms with Gasteiger partial charge in [0.2, 0.25) is 0 Å². The van der Waals surface area contributed by atoms with E-state index < -0.39 is 0 Å². The Morgan fingerprint density at radius 2 is 1.80 bits per heavy atom. The van der Waals surface area contributed by atoms with Gasteiger partial charge < -0.3 is 4.90 Å². The van der Waals surface area contributed by atoms with Crippen LogP contribution in [0.25, 0.3) is 0 Å². The van der Waals surface area contributed by atoms with Crippen molar-refractivity contribution in [3.8, 4) is 0 Å². The Morgan fingerprint density at radius 3 is 2.55 bits per heavy atom. The van der Waals surface area contributed by atoms with Crippen LogP contribution in [0, 0.1) is 6.92 Å². The van der Waals surface area contributed by atoms with Crippen LogP contribution < -0.4 is 0 Å². The maximum atomic E-state index is 2.37. The van der Waals surface area contributed by atoms with Gasteiger partial charge >= 0.3 is 0 Å². The van der Waals surface area contributed by atoms with Gasteiger partial charge in [-0.05, 0) is 50.6 Å². The minimum absolute atomic E-state index is 0.534. The van der Waals surface area contributed by atoms with Crippen LogP contribution in [0.15, 0.2) is 48.5 Å². The lowest BCUT2D eigenvalue weighted by atomic mass is 9.76. The molecule has 0 unspecified atom stereocenters. The second kappa shape index (κ2) is 5.41. The fourth-order valence-corrected chi connectivity index (χ4v) is 3.39. The topological polar surface area (TPSA) is 3.24 Å². The van der Waals surface area contributed by atoms with Gasteiger partial charge in [0.05, 0.1) is 0 Å². The van der Waals surface area contributed by atoms with Gasteiger partial charge in [0.1, 0.15) is 0 Å². The lowest BCUT2D eigenvalue weighted by molar-refractivity contribution is 0.258. The molecule has 1 heteroatoms. The van der Waals surface area contributed by atoms with Crippen LogP contribution in [-0.4, -0.2) is 25.0 Å². The van der Waals surface area contributed by atoms with Crippen molar-refractivity contribution >= 4 is 0 Å². The number of hydrogen-bond acceptors (Lipinski definition) is 1. The van der Waals surface area contributed by atoms with Crippen LogP contribution in [0.5, 0.6) is 0 Å². The molecule has 0 N–H and O–H groups in total. The van der Waals surface area contributed by atoms with Gasteiger partial charge in [0.25, 0.3) is 0 Å². The van der Waals surface area contributed by atoms with Crippen LogP contribution in [-0.2, 0) is 6.42 Å². The number of nitrogens with zero attached hydrogens (tertiary/aromatic N) is 1. The fourth-order valence-electron chi connectivity index (χ4n) is 3.39. The molecule has 0 aromatic heterocycles. The second-order valence-corrected chi connectivity index (χ2v) is 6.22. The highest BCUT2D eigenvalue weighted by Crippen LogP contribution is 2.38. The number of rotatable bonds is 2. The van der Waals surface area contributed by atoms with Gasteiger partial charge in [-0.2, -0.15) is 0 Å². The molecule has 0 bridgehead atoms. The smallest absolute Gasteiger partial charge is 0.0139 e. The minimum Gasteiger partial charge on any atom is -0.306 e. The molecule has 1 aliphatic rings. The average molecular weight is 265 g/mol. The predicted molar refractivity (Wildman–Crippen MR) is 85.3 cm³/mol. The molecule has 0 radical (unpaired) electrons. The molecule has 0 aliphatic heterocycles. The zero-order valence-corrected chi connectivity index (χ0v) is 12.6. The summed E-state index contributed by atoms with van der Waals surface area (Å²) >= 11 is 0. The highest BCUT2D eigenvalue weighted by atomic mass is 15.1. The van der Waals surface area contributed by atoms with E-state index in [9.17, 15) is 0 Å². The van der Waals surface area contributed by atoms with E-state index in [4.69, 9.17) is 0 Å². The summed E-state index contributed by atoms with van der Waals surface area (Å²) in [4.78, 5) is 2.37. The van der Waals surface area contributed by atoms with Crippen molar-refractivity contribution in [2.45, 2.75) is 31.7 Å². The summed E-state index contributed by atoms with van der Waals surface area (Å²) < 4.78 is 0.